The van der Waals surface area contributed by atoms with Crippen molar-refractivity contribution in [1.82, 2.24) is 4.98 Å². The number of rotatable bonds is 4. The van der Waals surface area contributed by atoms with Crippen molar-refractivity contribution in [2.45, 2.75) is 25.4 Å². The van der Waals surface area contributed by atoms with E-state index in [2.05, 4.69) is 4.98 Å². The van der Waals surface area contributed by atoms with Gasteiger partial charge in [0.2, 0.25) is 5.88 Å². The summed E-state index contributed by atoms with van der Waals surface area (Å²) in [6.45, 7) is 1.20. The molecule has 0 bridgehead atoms. The van der Waals surface area contributed by atoms with Gasteiger partial charge in [0.1, 0.15) is 6.61 Å². The third-order valence-corrected chi connectivity index (χ3v) is 2.67. The van der Waals surface area contributed by atoms with Gasteiger partial charge in [-0.3, -0.25) is 0 Å². The van der Waals surface area contributed by atoms with Crippen LogP contribution in [0.2, 0.25) is 0 Å². The largest absolute Gasteiger partial charge is 0.478 e. The minimum Gasteiger partial charge on any atom is -0.478 e. The predicted molar refractivity (Wildman–Crippen MR) is 60.3 cm³/mol. The lowest BCUT2D eigenvalue weighted by Crippen LogP contribution is -2.26. The van der Waals surface area contributed by atoms with Gasteiger partial charge in [0.05, 0.1) is 11.7 Å². The normalized spacial score (nSPS) is 19.9. The highest BCUT2D eigenvalue weighted by Gasteiger charge is 2.15. The monoisotopic (exact) mass is 237 g/mol. The number of carboxylic acid groups (broad SMARTS) is 1. The molecule has 1 aromatic heterocycles. The molecule has 5 heteroatoms. The lowest BCUT2D eigenvalue weighted by Gasteiger charge is -2.22. The number of nitrogens with zero attached hydrogens (tertiary/aromatic N) is 1. The fraction of sp³-hybridized carbons (Fsp3) is 0.500. The minimum atomic E-state index is -0.980. The Kier molecular flexibility index (Phi) is 3.93. The maximum Gasteiger partial charge on any atom is 0.335 e. The molecule has 0 aromatic carbocycles. The Balaban J connectivity index is 1.89. The van der Waals surface area contributed by atoms with E-state index in [1.165, 1.54) is 18.3 Å². The summed E-state index contributed by atoms with van der Waals surface area (Å²) in [6.07, 6.45) is 4.76. The van der Waals surface area contributed by atoms with E-state index in [1.54, 1.807) is 0 Å². The molecular weight excluding hydrogens is 222 g/mol. The van der Waals surface area contributed by atoms with E-state index in [9.17, 15) is 4.79 Å². The molecule has 0 unspecified atom stereocenters. The summed E-state index contributed by atoms with van der Waals surface area (Å²) in [7, 11) is 0. The van der Waals surface area contributed by atoms with Gasteiger partial charge >= 0.3 is 5.97 Å². The number of carbonyl (C=O) groups is 1. The Morgan fingerprint density at radius 3 is 3.18 bits per heavy atom. The van der Waals surface area contributed by atoms with Gasteiger partial charge in [-0.1, -0.05) is 0 Å². The second-order valence-corrected chi connectivity index (χ2v) is 3.99. The highest BCUT2D eigenvalue weighted by Crippen LogP contribution is 2.15. The van der Waals surface area contributed by atoms with E-state index in [0.717, 1.165) is 25.9 Å². The fourth-order valence-corrected chi connectivity index (χ4v) is 1.74. The zero-order valence-corrected chi connectivity index (χ0v) is 9.46. The molecular formula is C12H15NO4. The van der Waals surface area contributed by atoms with Crippen LogP contribution < -0.4 is 4.74 Å². The highest BCUT2D eigenvalue weighted by molar-refractivity contribution is 5.87. The predicted octanol–water partition coefficient (Wildman–Crippen LogP) is 1.73. The third-order valence-electron chi connectivity index (χ3n) is 2.67. The molecule has 92 valence electrons. The first kappa shape index (κ1) is 11.9. The molecule has 5 nitrogen and oxygen atoms in total. The average Bonchev–Trinajstić information content (AvgIpc) is 2.38. The second-order valence-electron chi connectivity index (χ2n) is 3.99. The van der Waals surface area contributed by atoms with Crippen molar-refractivity contribution in [3.05, 3.63) is 23.9 Å². The van der Waals surface area contributed by atoms with Crippen LogP contribution in [-0.4, -0.2) is 35.4 Å². The van der Waals surface area contributed by atoms with E-state index >= 15 is 0 Å². The molecule has 1 aliphatic heterocycles. The molecule has 2 rings (SSSR count). The van der Waals surface area contributed by atoms with Gasteiger partial charge in [-0.25, -0.2) is 9.78 Å². The van der Waals surface area contributed by atoms with Crippen LogP contribution in [0.1, 0.15) is 29.6 Å². The van der Waals surface area contributed by atoms with Crippen molar-refractivity contribution in [1.29, 1.82) is 0 Å². The standard InChI is InChI=1S/C12H15NO4/c14-12(15)9-4-5-13-11(7-9)17-8-10-3-1-2-6-16-10/h4-5,7,10H,1-3,6,8H2,(H,14,15)/t10-/m1/s1. The van der Waals surface area contributed by atoms with Gasteiger partial charge < -0.3 is 14.6 Å². The average molecular weight is 237 g/mol. The van der Waals surface area contributed by atoms with Crippen molar-refractivity contribution >= 4 is 5.97 Å². The highest BCUT2D eigenvalue weighted by atomic mass is 16.5. The zero-order chi connectivity index (χ0) is 12.1. The van der Waals surface area contributed by atoms with Crippen LogP contribution in [0.4, 0.5) is 0 Å². The van der Waals surface area contributed by atoms with Crippen molar-refractivity contribution in [3.63, 3.8) is 0 Å². The van der Waals surface area contributed by atoms with Gasteiger partial charge in [0.25, 0.3) is 0 Å². The summed E-state index contributed by atoms with van der Waals surface area (Å²) in [5.41, 5.74) is 0.180. The molecule has 1 saturated heterocycles. The van der Waals surface area contributed by atoms with Gasteiger partial charge in [-0.2, -0.15) is 0 Å². The summed E-state index contributed by atoms with van der Waals surface area (Å²) < 4.78 is 10.9. The number of pyridine rings is 1. The summed E-state index contributed by atoms with van der Waals surface area (Å²) in [6, 6.07) is 2.86. The van der Waals surface area contributed by atoms with Crippen molar-refractivity contribution < 1.29 is 19.4 Å². The zero-order valence-electron chi connectivity index (χ0n) is 9.46. The molecule has 1 aliphatic rings. The molecule has 1 atom stereocenters. The molecule has 0 radical (unpaired) electrons. The van der Waals surface area contributed by atoms with E-state index < -0.39 is 5.97 Å². The Labute approximate surface area is 99.4 Å². The van der Waals surface area contributed by atoms with Crippen molar-refractivity contribution in [2.24, 2.45) is 0 Å². The molecule has 17 heavy (non-hydrogen) atoms. The summed E-state index contributed by atoms with van der Waals surface area (Å²) in [5.74, 6) is -0.648. The van der Waals surface area contributed by atoms with Crippen LogP contribution >= 0.6 is 0 Å². The number of hydrogen-bond donors (Lipinski definition) is 1. The van der Waals surface area contributed by atoms with Crippen molar-refractivity contribution in [2.75, 3.05) is 13.2 Å². The lowest BCUT2D eigenvalue weighted by atomic mass is 10.1. The summed E-state index contributed by atoms with van der Waals surface area (Å²) in [5, 5.41) is 8.82. The Hall–Kier alpha value is -1.62. The van der Waals surface area contributed by atoms with Crippen molar-refractivity contribution in [3.8, 4) is 5.88 Å². The first-order valence-corrected chi connectivity index (χ1v) is 5.69. The van der Waals surface area contributed by atoms with Crippen LogP contribution in [0, 0.1) is 0 Å². The molecule has 0 aliphatic carbocycles. The van der Waals surface area contributed by atoms with Crippen LogP contribution in [-0.2, 0) is 4.74 Å². The van der Waals surface area contributed by atoms with Gasteiger partial charge in [0, 0.05) is 18.9 Å². The third kappa shape index (κ3) is 3.42. The molecule has 0 saturated carbocycles. The topological polar surface area (TPSA) is 68.7 Å². The van der Waals surface area contributed by atoms with Crippen LogP contribution in [0.15, 0.2) is 18.3 Å². The van der Waals surface area contributed by atoms with E-state index in [-0.39, 0.29) is 11.7 Å². The molecule has 1 N–H and O–H groups in total. The minimum absolute atomic E-state index is 0.0963. The molecule has 1 fully saturated rings. The smallest absolute Gasteiger partial charge is 0.335 e. The van der Waals surface area contributed by atoms with Gasteiger partial charge in [-0.15, -0.1) is 0 Å². The first-order valence-electron chi connectivity index (χ1n) is 5.69. The molecule has 0 spiro atoms. The van der Waals surface area contributed by atoms with Crippen LogP contribution in [0.25, 0.3) is 0 Å². The SMILES string of the molecule is O=C(O)c1ccnc(OC[C@H]2CCCCO2)c1. The maximum atomic E-state index is 10.8. The Morgan fingerprint density at radius 2 is 2.47 bits per heavy atom. The number of aromatic nitrogens is 1. The second kappa shape index (κ2) is 5.63. The fourth-order valence-electron chi connectivity index (χ4n) is 1.74. The number of aromatic carboxylic acids is 1. The number of hydrogen-bond acceptors (Lipinski definition) is 4. The van der Waals surface area contributed by atoms with Crippen LogP contribution in [0.3, 0.4) is 0 Å². The van der Waals surface area contributed by atoms with Gasteiger partial charge in [-0.05, 0) is 25.3 Å². The van der Waals surface area contributed by atoms with Gasteiger partial charge in [0.15, 0.2) is 0 Å². The number of carboxylic acids is 1. The van der Waals surface area contributed by atoms with E-state index in [1.807, 2.05) is 0 Å². The van der Waals surface area contributed by atoms with Crippen LogP contribution in [0.5, 0.6) is 5.88 Å². The Morgan fingerprint density at radius 1 is 1.59 bits per heavy atom. The summed E-state index contributed by atoms with van der Waals surface area (Å²) >= 11 is 0. The van der Waals surface area contributed by atoms with E-state index in [0.29, 0.717) is 12.5 Å². The lowest BCUT2D eigenvalue weighted by molar-refractivity contribution is -0.0119. The van der Waals surface area contributed by atoms with E-state index in [4.69, 9.17) is 14.6 Å². The molecule has 2 heterocycles. The first-order chi connectivity index (χ1) is 8.25. The molecule has 1 aromatic rings. The summed E-state index contributed by atoms with van der Waals surface area (Å²) in [4.78, 5) is 14.7. The number of ether oxygens (including phenoxy) is 2. The molecule has 0 amide bonds. The quantitative estimate of drug-likeness (QED) is 0.863. The maximum absolute atomic E-state index is 10.8. The Bertz CT molecular complexity index is 388.